The number of hydrogen-bond donors (Lipinski definition) is 0. The Hall–Kier alpha value is -1.91. The number of hydrogen-bond acceptors (Lipinski definition) is 0. The molecule has 2 rings (SSSR count). The Labute approximate surface area is 112 Å². The smallest absolute Gasteiger partial charge is 0.194 e. The third-order valence-corrected chi connectivity index (χ3v) is 2.98. The molecular formula is C15H11F5. The Morgan fingerprint density at radius 2 is 1.30 bits per heavy atom. The fourth-order valence-corrected chi connectivity index (χ4v) is 2.05. The van der Waals surface area contributed by atoms with E-state index in [1.54, 1.807) is 13.8 Å². The fourth-order valence-electron chi connectivity index (χ4n) is 2.05. The molecule has 0 fully saturated rings. The van der Waals surface area contributed by atoms with Gasteiger partial charge in [0.15, 0.2) is 17.5 Å². The van der Waals surface area contributed by atoms with Gasteiger partial charge in [-0.15, -0.1) is 0 Å². The van der Waals surface area contributed by atoms with Crippen molar-refractivity contribution in [3.05, 3.63) is 58.9 Å². The summed E-state index contributed by atoms with van der Waals surface area (Å²) in [6, 6.07) is 3.11. The van der Waals surface area contributed by atoms with Crippen LogP contribution in [0.2, 0.25) is 0 Å². The summed E-state index contributed by atoms with van der Waals surface area (Å²) in [5.74, 6) is -6.46. The molecule has 20 heavy (non-hydrogen) atoms. The van der Waals surface area contributed by atoms with Gasteiger partial charge in [0.1, 0.15) is 11.6 Å². The third kappa shape index (κ3) is 2.53. The second kappa shape index (κ2) is 5.23. The second-order valence-corrected chi connectivity index (χ2v) is 4.76. The molecule has 0 heterocycles. The summed E-state index contributed by atoms with van der Waals surface area (Å²) in [5, 5.41) is 0. The molecule has 0 amide bonds. The highest BCUT2D eigenvalue weighted by Gasteiger charge is 2.19. The maximum atomic E-state index is 13.9. The maximum Gasteiger partial charge on any atom is 0.194 e. The van der Waals surface area contributed by atoms with Gasteiger partial charge >= 0.3 is 0 Å². The molecule has 106 valence electrons. The molecule has 5 heteroatoms. The van der Waals surface area contributed by atoms with Gasteiger partial charge in [0.2, 0.25) is 0 Å². The molecule has 0 aliphatic heterocycles. The predicted octanol–water partition coefficient (Wildman–Crippen LogP) is 5.17. The lowest BCUT2D eigenvalue weighted by Gasteiger charge is -2.15. The van der Waals surface area contributed by atoms with Gasteiger partial charge in [0.05, 0.1) is 0 Å². The van der Waals surface area contributed by atoms with Gasteiger partial charge in [-0.2, -0.15) is 0 Å². The summed E-state index contributed by atoms with van der Waals surface area (Å²) in [6.45, 7) is 3.38. The van der Waals surface area contributed by atoms with Gasteiger partial charge in [-0.3, -0.25) is 0 Å². The first-order chi connectivity index (χ1) is 9.31. The second-order valence-electron chi connectivity index (χ2n) is 4.76. The number of rotatable bonds is 2. The molecule has 0 aromatic heterocycles. The van der Waals surface area contributed by atoms with Crippen LogP contribution in [0.1, 0.15) is 25.3 Å². The molecule has 0 saturated carbocycles. The number of benzene rings is 2. The number of halogens is 5. The van der Waals surface area contributed by atoms with Crippen molar-refractivity contribution in [1.82, 2.24) is 0 Å². The summed E-state index contributed by atoms with van der Waals surface area (Å²) in [4.78, 5) is 0. The highest BCUT2D eigenvalue weighted by atomic mass is 19.2. The first-order valence-electron chi connectivity index (χ1n) is 5.95. The van der Waals surface area contributed by atoms with Crippen LogP contribution in [0.4, 0.5) is 22.0 Å². The van der Waals surface area contributed by atoms with E-state index < -0.39 is 29.1 Å². The van der Waals surface area contributed by atoms with Crippen molar-refractivity contribution in [2.75, 3.05) is 0 Å². The Morgan fingerprint density at radius 1 is 0.750 bits per heavy atom. The van der Waals surface area contributed by atoms with Crippen LogP contribution >= 0.6 is 0 Å². The van der Waals surface area contributed by atoms with Gasteiger partial charge in [-0.05, 0) is 35.2 Å². The molecule has 0 aliphatic carbocycles. The van der Waals surface area contributed by atoms with Gasteiger partial charge in [-0.1, -0.05) is 13.8 Å². The zero-order valence-corrected chi connectivity index (χ0v) is 10.8. The maximum absolute atomic E-state index is 13.9. The lowest BCUT2D eigenvalue weighted by Crippen LogP contribution is -2.00. The molecule has 0 atom stereocenters. The summed E-state index contributed by atoms with van der Waals surface area (Å²) in [5.41, 5.74) is -0.0327. The summed E-state index contributed by atoms with van der Waals surface area (Å²) in [6.07, 6.45) is 0. The minimum Gasteiger partial charge on any atom is -0.207 e. The van der Waals surface area contributed by atoms with Crippen LogP contribution in [0, 0.1) is 29.1 Å². The van der Waals surface area contributed by atoms with Gasteiger partial charge in [-0.25, -0.2) is 22.0 Å². The van der Waals surface area contributed by atoms with Crippen molar-refractivity contribution in [1.29, 1.82) is 0 Å². The lowest BCUT2D eigenvalue weighted by atomic mass is 9.92. The van der Waals surface area contributed by atoms with Crippen molar-refractivity contribution in [3.8, 4) is 11.1 Å². The zero-order chi connectivity index (χ0) is 15.0. The van der Waals surface area contributed by atoms with Crippen molar-refractivity contribution in [2.24, 2.45) is 0 Å². The first-order valence-corrected chi connectivity index (χ1v) is 5.95. The molecule has 2 aromatic rings. The van der Waals surface area contributed by atoms with E-state index in [-0.39, 0.29) is 22.6 Å². The van der Waals surface area contributed by atoms with Crippen LogP contribution in [0.15, 0.2) is 24.3 Å². The minimum atomic E-state index is -1.62. The summed E-state index contributed by atoms with van der Waals surface area (Å²) in [7, 11) is 0. The Kier molecular flexibility index (Phi) is 3.79. The molecular weight excluding hydrogens is 275 g/mol. The van der Waals surface area contributed by atoms with Crippen molar-refractivity contribution < 1.29 is 22.0 Å². The normalized spacial score (nSPS) is 11.2. The Bertz CT molecular complexity index is 639. The molecule has 0 unspecified atom stereocenters. The molecule has 0 spiro atoms. The average Bonchev–Trinajstić information content (AvgIpc) is 2.34. The average molecular weight is 286 g/mol. The molecule has 0 aliphatic rings. The van der Waals surface area contributed by atoms with Crippen molar-refractivity contribution >= 4 is 0 Å². The van der Waals surface area contributed by atoms with E-state index in [9.17, 15) is 22.0 Å². The largest absolute Gasteiger partial charge is 0.207 e. The van der Waals surface area contributed by atoms with E-state index in [1.165, 1.54) is 0 Å². The molecule has 2 aromatic carbocycles. The zero-order valence-electron chi connectivity index (χ0n) is 10.8. The molecule has 0 bridgehead atoms. The molecule has 0 N–H and O–H groups in total. The third-order valence-electron chi connectivity index (χ3n) is 2.98. The van der Waals surface area contributed by atoms with E-state index in [4.69, 9.17) is 0 Å². The van der Waals surface area contributed by atoms with E-state index in [0.29, 0.717) is 18.2 Å². The minimum absolute atomic E-state index is 0.126. The van der Waals surface area contributed by atoms with Gasteiger partial charge in [0, 0.05) is 11.6 Å². The topological polar surface area (TPSA) is 0 Å². The molecule has 0 saturated heterocycles. The monoisotopic (exact) mass is 286 g/mol. The Morgan fingerprint density at radius 3 is 1.80 bits per heavy atom. The first kappa shape index (κ1) is 14.5. The van der Waals surface area contributed by atoms with E-state index in [2.05, 4.69) is 0 Å². The van der Waals surface area contributed by atoms with Gasteiger partial charge < -0.3 is 0 Å². The van der Waals surface area contributed by atoms with E-state index >= 15 is 0 Å². The summed E-state index contributed by atoms with van der Waals surface area (Å²) < 4.78 is 66.7. The highest BCUT2D eigenvalue weighted by Crippen LogP contribution is 2.34. The standard InChI is InChI=1S/C15H11F5/c1-7(2)10-5-9(16)6-11(17)14(10)8-3-12(18)15(20)13(19)4-8/h3-7H,1-2H3. The van der Waals surface area contributed by atoms with Crippen molar-refractivity contribution in [2.45, 2.75) is 19.8 Å². The van der Waals surface area contributed by atoms with E-state index in [0.717, 1.165) is 6.07 Å². The predicted molar refractivity (Wildman–Crippen MR) is 65.8 cm³/mol. The SMILES string of the molecule is CC(C)c1cc(F)cc(F)c1-c1cc(F)c(F)c(F)c1. The van der Waals surface area contributed by atoms with Crippen LogP contribution < -0.4 is 0 Å². The fraction of sp³-hybridized carbons (Fsp3) is 0.200. The van der Waals surface area contributed by atoms with Crippen LogP contribution in [0.5, 0.6) is 0 Å². The van der Waals surface area contributed by atoms with Crippen LogP contribution in [-0.4, -0.2) is 0 Å². The molecule has 0 nitrogen and oxygen atoms in total. The van der Waals surface area contributed by atoms with Crippen molar-refractivity contribution in [3.63, 3.8) is 0 Å². The quantitative estimate of drug-likeness (QED) is 0.527. The molecule has 0 radical (unpaired) electrons. The summed E-state index contributed by atoms with van der Waals surface area (Å²) >= 11 is 0. The Balaban J connectivity index is 2.75. The van der Waals surface area contributed by atoms with Crippen LogP contribution in [0.3, 0.4) is 0 Å². The highest BCUT2D eigenvalue weighted by molar-refractivity contribution is 5.69. The van der Waals surface area contributed by atoms with Crippen LogP contribution in [-0.2, 0) is 0 Å². The van der Waals surface area contributed by atoms with E-state index in [1.807, 2.05) is 0 Å². The van der Waals surface area contributed by atoms with Gasteiger partial charge in [0.25, 0.3) is 0 Å². The van der Waals surface area contributed by atoms with Crippen LogP contribution in [0.25, 0.3) is 11.1 Å². The lowest BCUT2D eigenvalue weighted by molar-refractivity contribution is 0.447.